The van der Waals surface area contributed by atoms with Gasteiger partial charge in [-0.05, 0) is 30.4 Å². The number of amides is 1. The molecule has 1 aromatic rings. The topological polar surface area (TPSA) is 46.2 Å². The second-order valence-corrected chi connectivity index (χ2v) is 4.85. The van der Waals surface area contributed by atoms with Gasteiger partial charge in [-0.25, -0.2) is 0 Å². The Hall–Kier alpha value is -2.16. The van der Waals surface area contributed by atoms with Crippen molar-refractivity contribution in [2.45, 2.75) is 32.6 Å². The third-order valence-electron chi connectivity index (χ3n) is 3.37. The Kier molecular flexibility index (Phi) is 4.51. The quantitative estimate of drug-likeness (QED) is 0.804. The molecule has 0 unspecified atom stereocenters. The average molecular weight is 269 g/mol. The Morgan fingerprint density at radius 2 is 2.00 bits per heavy atom. The molecule has 0 saturated carbocycles. The van der Waals surface area contributed by atoms with E-state index in [9.17, 15) is 9.59 Å². The number of carbonyl (C=O) groups excluding carboxylic acids is 2. The van der Waals surface area contributed by atoms with Crippen LogP contribution in [-0.2, 0) is 4.79 Å². The van der Waals surface area contributed by atoms with Gasteiger partial charge in [0.05, 0.1) is 5.70 Å². The van der Waals surface area contributed by atoms with E-state index in [1.807, 2.05) is 37.3 Å². The van der Waals surface area contributed by atoms with E-state index in [4.69, 9.17) is 0 Å². The summed E-state index contributed by atoms with van der Waals surface area (Å²) in [4.78, 5) is 24.2. The second-order valence-electron chi connectivity index (χ2n) is 4.85. The summed E-state index contributed by atoms with van der Waals surface area (Å²) >= 11 is 0. The zero-order valence-corrected chi connectivity index (χ0v) is 11.7. The maximum absolute atomic E-state index is 12.4. The lowest BCUT2D eigenvalue weighted by atomic mass is 10.0. The van der Waals surface area contributed by atoms with Crippen molar-refractivity contribution >= 4 is 17.3 Å². The summed E-state index contributed by atoms with van der Waals surface area (Å²) in [5, 5.41) is 2.79. The summed E-state index contributed by atoms with van der Waals surface area (Å²) < 4.78 is 0. The Balaban J connectivity index is 2.35. The molecule has 1 aliphatic carbocycles. The Morgan fingerprint density at radius 3 is 2.65 bits per heavy atom. The van der Waals surface area contributed by atoms with Gasteiger partial charge in [0.1, 0.15) is 0 Å². The van der Waals surface area contributed by atoms with E-state index in [1.165, 1.54) is 0 Å². The maximum Gasteiger partial charge on any atom is 0.224 e. The maximum atomic E-state index is 12.4. The summed E-state index contributed by atoms with van der Waals surface area (Å²) in [5.74, 6) is -0.177. The molecule has 0 aromatic heterocycles. The van der Waals surface area contributed by atoms with Gasteiger partial charge in [-0.3, -0.25) is 9.59 Å². The van der Waals surface area contributed by atoms with Gasteiger partial charge < -0.3 is 5.32 Å². The molecule has 0 bridgehead atoms. The van der Waals surface area contributed by atoms with E-state index in [1.54, 1.807) is 0 Å². The highest BCUT2D eigenvalue weighted by Crippen LogP contribution is 2.34. The van der Waals surface area contributed by atoms with Gasteiger partial charge in [-0.1, -0.05) is 37.3 Å². The molecular weight excluding hydrogens is 250 g/mol. The first-order valence-electron chi connectivity index (χ1n) is 6.97. The monoisotopic (exact) mass is 269 g/mol. The number of hydrogen-bond acceptors (Lipinski definition) is 2. The lowest BCUT2D eigenvalue weighted by Gasteiger charge is -2.08. The number of carbonyl (C=O) groups is 2. The van der Waals surface area contributed by atoms with Crippen molar-refractivity contribution < 1.29 is 9.59 Å². The molecule has 0 saturated heterocycles. The number of nitrogens with one attached hydrogen (secondary N) is 1. The fourth-order valence-corrected chi connectivity index (χ4v) is 2.42. The number of fused-ring (bicyclic) bond motifs is 1. The normalized spacial score (nSPS) is 13.3. The number of ketones is 1. The molecule has 1 aromatic carbocycles. The van der Waals surface area contributed by atoms with Crippen LogP contribution in [0.25, 0.3) is 5.57 Å². The molecule has 1 amide bonds. The Morgan fingerprint density at radius 1 is 1.30 bits per heavy atom. The first-order valence-corrected chi connectivity index (χ1v) is 6.97. The zero-order chi connectivity index (χ0) is 14.5. The highest BCUT2D eigenvalue weighted by atomic mass is 16.2. The van der Waals surface area contributed by atoms with Crippen LogP contribution in [0.4, 0.5) is 0 Å². The van der Waals surface area contributed by atoms with Crippen molar-refractivity contribution in [3.63, 3.8) is 0 Å². The van der Waals surface area contributed by atoms with Crippen molar-refractivity contribution in [1.82, 2.24) is 5.32 Å². The predicted molar refractivity (Wildman–Crippen MR) is 80.2 cm³/mol. The smallest absolute Gasteiger partial charge is 0.224 e. The number of benzene rings is 1. The molecule has 0 heterocycles. The summed E-state index contributed by atoms with van der Waals surface area (Å²) in [6.45, 7) is 5.66. The third-order valence-corrected chi connectivity index (χ3v) is 3.37. The number of Topliss-reactive ketones (excluding diaryl/α,β-unsaturated/α-hetero) is 1. The van der Waals surface area contributed by atoms with E-state index in [0.29, 0.717) is 24.1 Å². The van der Waals surface area contributed by atoms with Crippen LogP contribution >= 0.6 is 0 Å². The minimum atomic E-state index is -0.0974. The second kappa shape index (κ2) is 6.33. The number of rotatable bonds is 6. The zero-order valence-electron chi connectivity index (χ0n) is 11.7. The van der Waals surface area contributed by atoms with E-state index >= 15 is 0 Å². The molecular formula is C17H19NO2. The molecule has 1 aliphatic rings. The first-order chi connectivity index (χ1) is 9.69. The number of allylic oxidation sites excluding steroid dienone is 3. The lowest BCUT2D eigenvalue weighted by molar-refractivity contribution is -0.120. The van der Waals surface area contributed by atoms with Crippen LogP contribution in [0.15, 0.2) is 42.6 Å². The van der Waals surface area contributed by atoms with Crippen molar-refractivity contribution in [2.24, 2.45) is 0 Å². The van der Waals surface area contributed by atoms with Crippen LogP contribution < -0.4 is 5.32 Å². The van der Waals surface area contributed by atoms with Crippen molar-refractivity contribution in [3.05, 3.63) is 53.7 Å². The van der Waals surface area contributed by atoms with Gasteiger partial charge in [0.25, 0.3) is 0 Å². The molecule has 20 heavy (non-hydrogen) atoms. The van der Waals surface area contributed by atoms with Crippen LogP contribution in [0.3, 0.4) is 0 Å². The van der Waals surface area contributed by atoms with Crippen molar-refractivity contribution in [2.75, 3.05) is 0 Å². The Bertz CT molecular complexity index is 584. The molecule has 0 fully saturated rings. The van der Waals surface area contributed by atoms with Gasteiger partial charge in [0.2, 0.25) is 11.7 Å². The minimum Gasteiger partial charge on any atom is -0.323 e. The van der Waals surface area contributed by atoms with Gasteiger partial charge in [-0.2, -0.15) is 0 Å². The van der Waals surface area contributed by atoms with Crippen LogP contribution in [-0.4, -0.2) is 11.7 Å². The minimum absolute atomic E-state index is 0.0795. The van der Waals surface area contributed by atoms with Crippen LogP contribution in [0.5, 0.6) is 0 Å². The highest BCUT2D eigenvalue weighted by Gasteiger charge is 2.29. The molecule has 3 nitrogen and oxygen atoms in total. The lowest BCUT2D eigenvalue weighted by Crippen LogP contribution is -2.26. The molecule has 0 radical (unpaired) electrons. The largest absolute Gasteiger partial charge is 0.323 e. The highest BCUT2D eigenvalue weighted by molar-refractivity contribution is 6.21. The molecule has 0 atom stereocenters. The van der Waals surface area contributed by atoms with Gasteiger partial charge >= 0.3 is 0 Å². The number of hydrogen-bond donors (Lipinski definition) is 1. The Labute approximate surface area is 119 Å². The molecule has 0 spiro atoms. The van der Waals surface area contributed by atoms with Gasteiger partial charge in [0, 0.05) is 12.0 Å². The summed E-state index contributed by atoms with van der Waals surface area (Å²) in [5.41, 5.74) is 2.99. The average Bonchev–Trinajstić information content (AvgIpc) is 2.71. The van der Waals surface area contributed by atoms with Crippen LogP contribution in [0.1, 0.15) is 48.5 Å². The van der Waals surface area contributed by atoms with Gasteiger partial charge in [-0.15, -0.1) is 6.58 Å². The molecule has 1 N–H and O–H groups in total. The summed E-state index contributed by atoms with van der Waals surface area (Å²) in [6.07, 6.45) is 4.52. The van der Waals surface area contributed by atoms with Gasteiger partial charge in [0.15, 0.2) is 0 Å². The van der Waals surface area contributed by atoms with E-state index in [0.717, 1.165) is 24.0 Å². The first kappa shape index (κ1) is 14.3. The fraction of sp³-hybridized carbons (Fsp3) is 0.294. The van der Waals surface area contributed by atoms with E-state index in [-0.39, 0.29) is 11.7 Å². The molecule has 3 heteroatoms. The van der Waals surface area contributed by atoms with Crippen molar-refractivity contribution in [1.29, 1.82) is 0 Å². The SMILES string of the molecule is C=CCCC1=C(NC(=O)CCC)C(=O)c2ccccc21. The van der Waals surface area contributed by atoms with Crippen molar-refractivity contribution in [3.8, 4) is 0 Å². The van der Waals surface area contributed by atoms with Crippen LogP contribution in [0, 0.1) is 0 Å². The standard InChI is InChI=1S/C17H19NO2/c1-3-5-9-13-12-10-6-7-11-14(12)17(20)16(13)18-15(19)8-4-2/h3,6-7,10-11H,1,4-5,8-9H2,2H3,(H,18,19,20). The van der Waals surface area contributed by atoms with Crippen LogP contribution in [0.2, 0.25) is 0 Å². The molecule has 0 aliphatic heterocycles. The summed E-state index contributed by atoms with van der Waals surface area (Å²) in [6, 6.07) is 7.50. The molecule has 104 valence electrons. The third kappa shape index (κ3) is 2.72. The van der Waals surface area contributed by atoms with E-state index in [2.05, 4.69) is 11.9 Å². The van der Waals surface area contributed by atoms with E-state index < -0.39 is 0 Å². The molecule has 2 rings (SSSR count). The fourth-order valence-electron chi connectivity index (χ4n) is 2.42. The summed E-state index contributed by atoms with van der Waals surface area (Å²) in [7, 11) is 0. The predicted octanol–water partition coefficient (Wildman–Crippen LogP) is 3.48.